The molecule has 88 valence electrons. The van der Waals surface area contributed by atoms with Crippen LogP contribution in [0.4, 0.5) is 0 Å². The summed E-state index contributed by atoms with van der Waals surface area (Å²) in [6, 6.07) is -0.00555. The van der Waals surface area contributed by atoms with Crippen molar-refractivity contribution in [3.63, 3.8) is 0 Å². The van der Waals surface area contributed by atoms with E-state index in [2.05, 4.69) is 0 Å². The molecule has 2 N–H and O–H groups in total. The maximum Gasteiger partial charge on any atom is 0.308 e. The van der Waals surface area contributed by atoms with E-state index in [4.69, 9.17) is 9.84 Å². The number of aliphatic hydroxyl groups is 1. The average molecular weight is 217 g/mol. The van der Waals surface area contributed by atoms with Gasteiger partial charge in [0.2, 0.25) is 0 Å². The summed E-state index contributed by atoms with van der Waals surface area (Å²) < 4.78 is 4.83. The molecular weight excluding hydrogens is 198 g/mol. The third-order valence-corrected chi connectivity index (χ3v) is 3.01. The number of carboxylic acids is 1. The topological polar surface area (TPSA) is 70.0 Å². The van der Waals surface area contributed by atoms with Gasteiger partial charge in [-0.25, -0.2) is 0 Å². The van der Waals surface area contributed by atoms with Crippen molar-refractivity contribution in [2.75, 3.05) is 26.8 Å². The van der Waals surface area contributed by atoms with Gasteiger partial charge in [-0.05, 0) is 19.9 Å². The number of ether oxygens (including phenoxy) is 1. The molecule has 1 saturated heterocycles. The van der Waals surface area contributed by atoms with Gasteiger partial charge in [-0.3, -0.25) is 9.69 Å². The van der Waals surface area contributed by atoms with E-state index < -0.39 is 12.1 Å². The van der Waals surface area contributed by atoms with Gasteiger partial charge in [0.25, 0.3) is 0 Å². The molecule has 0 radical (unpaired) electrons. The van der Waals surface area contributed by atoms with Gasteiger partial charge in [0.15, 0.2) is 0 Å². The molecule has 0 aromatic heterocycles. The molecule has 0 aromatic rings. The quantitative estimate of drug-likeness (QED) is 0.666. The van der Waals surface area contributed by atoms with Crippen LogP contribution in [0, 0.1) is 5.92 Å². The Bertz CT molecular complexity index is 221. The van der Waals surface area contributed by atoms with Gasteiger partial charge < -0.3 is 14.9 Å². The van der Waals surface area contributed by atoms with E-state index in [-0.39, 0.29) is 12.0 Å². The molecule has 0 amide bonds. The largest absolute Gasteiger partial charge is 0.481 e. The summed E-state index contributed by atoms with van der Waals surface area (Å²) >= 11 is 0. The van der Waals surface area contributed by atoms with E-state index in [1.54, 1.807) is 0 Å². The van der Waals surface area contributed by atoms with Gasteiger partial charge >= 0.3 is 5.97 Å². The first-order valence-corrected chi connectivity index (χ1v) is 5.20. The second-order valence-corrected chi connectivity index (χ2v) is 4.08. The summed E-state index contributed by atoms with van der Waals surface area (Å²) in [6.07, 6.45) is 0.126. The summed E-state index contributed by atoms with van der Waals surface area (Å²) in [7, 11) is 1.54. The fraction of sp³-hybridized carbons (Fsp3) is 0.900. The zero-order valence-electron chi connectivity index (χ0n) is 9.22. The number of hydrogen-bond acceptors (Lipinski definition) is 4. The number of nitrogens with zero attached hydrogens (tertiary/aromatic N) is 1. The minimum Gasteiger partial charge on any atom is -0.481 e. The highest BCUT2D eigenvalue weighted by Gasteiger charge is 2.35. The molecule has 5 nitrogen and oxygen atoms in total. The van der Waals surface area contributed by atoms with Gasteiger partial charge in [0, 0.05) is 19.7 Å². The van der Waals surface area contributed by atoms with E-state index in [0.717, 1.165) is 6.54 Å². The molecule has 0 spiro atoms. The molecule has 15 heavy (non-hydrogen) atoms. The van der Waals surface area contributed by atoms with Crippen molar-refractivity contribution >= 4 is 5.97 Å². The first-order chi connectivity index (χ1) is 7.06. The van der Waals surface area contributed by atoms with E-state index in [1.807, 2.05) is 11.8 Å². The molecule has 0 aliphatic carbocycles. The number of rotatable bonds is 5. The lowest BCUT2D eigenvalue weighted by atomic mass is 10.0. The van der Waals surface area contributed by atoms with Crippen LogP contribution in [0.5, 0.6) is 0 Å². The Morgan fingerprint density at radius 3 is 2.80 bits per heavy atom. The lowest BCUT2D eigenvalue weighted by molar-refractivity contribution is -0.142. The zero-order valence-corrected chi connectivity index (χ0v) is 9.22. The molecule has 1 aliphatic heterocycles. The van der Waals surface area contributed by atoms with E-state index in [1.165, 1.54) is 7.11 Å². The summed E-state index contributed by atoms with van der Waals surface area (Å²) in [5.74, 6) is -1.05. The van der Waals surface area contributed by atoms with E-state index in [0.29, 0.717) is 19.6 Å². The lowest BCUT2D eigenvalue weighted by Crippen LogP contribution is -2.39. The molecule has 3 atom stereocenters. The van der Waals surface area contributed by atoms with Crippen molar-refractivity contribution in [1.29, 1.82) is 0 Å². The minimum absolute atomic E-state index is 0.00555. The van der Waals surface area contributed by atoms with Crippen LogP contribution in [-0.4, -0.2) is 60.0 Å². The number of β-amino-alcohol motifs (C(OH)–C–C–N with tert-alkyl or cyclic N) is 1. The maximum absolute atomic E-state index is 10.9. The molecule has 0 aromatic carbocycles. The smallest absolute Gasteiger partial charge is 0.308 e. The first-order valence-electron chi connectivity index (χ1n) is 5.20. The van der Waals surface area contributed by atoms with Crippen molar-refractivity contribution < 1.29 is 19.7 Å². The molecule has 1 rings (SSSR count). The van der Waals surface area contributed by atoms with Crippen LogP contribution in [0.25, 0.3) is 0 Å². The fourth-order valence-corrected chi connectivity index (χ4v) is 2.11. The van der Waals surface area contributed by atoms with Gasteiger partial charge in [0.05, 0.1) is 18.6 Å². The minimum atomic E-state index is -0.744. The van der Waals surface area contributed by atoms with E-state index in [9.17, 15) is 9.90 Å². The third kappa shape index (κ3) is 3.15. The number of hydrogen-bond donors (Lipinski definition) is 2. The lowest BCUT2D eigenvalue weighted by Gasteiger charge is -2.25. The standard InChI is InChI=1S/C10H19NO4/c1-7-9(10(13)14)3-4-11(7)5-8(12)6-15-2/h7-9,12H,3-6H2,1-2H3,(H,13,14). The summed E-state index contributed by atoms with van der Waals surface area (Å²) in [5, 5.41) is 18.5. The van der Waals surface area contributed by atoms with Crippen molar-refractivity contribution in [3.05, 3.63) is 0 Å². The number of carboxylic acid groups (broad SMARTS) is 1. The van der Waals surface area contributed by atoms with Crippen molar-refractivity contribution in [3.8, 4) is 0 Å². The highest BCUT2D eigenvalue weighted by atomic mass is 16.5. The molecular formula is C10H19NO4. The Morgan fingerprint density at radius 1 is 1.67 bits per heavy atom. The van der Waals surface area contributed by atoms with Crippen LogP contribution in [0.2, 0.25) is 0 Å². The molecule has 0 bridgehead atoms. The Labute approximate surface area is 89.6 Å². The van der Waals surface area contributed by atoms with Gasteiger partial charge in [-0.1, -0.05) is 0 Å². The first kappa shape index (κ1) is 12.4. The number of likely N-dealkylation sites (tertiary alicyclic amines) is 1. The van der Waals surface area contributed by atoms with Gasteiger partial charge in [-0.2, -0.15) is 0 Å². The highest BCUT2D eigenvalue weighted by molar-refractivity contribution is 5.71. The third-order valence-electron chi connectivity index (χ3n) is 3.01. The summed E-state index contributed by atoms with van der Waals surface area (Å²) in [6.45, 7) is 3.41. The normalized spacial score (nSPS) is 29.3. The highest BCUT2D eigenvalue weighted by Crippen LogP contribution is 2.24. The Morgan fingerprint density at radius 2 is 2.33 bits per heavy atom. The Balaban J connectivity index is 2.42. The van der Waals surface area contributed by atoms with Crippen molar-refractivity contribution in [2.24, 2.45) is 5.92 Å². The molecule has 1 aliphatic rings. The Hall–Kier alpha value is -0.650. The number of aliphatic carboxylic acids is 1. The van der Waals surface area contributed by atoms with E-state index >= 15 is 0 Å². The number of methoxy groups -OCH3 is 1. The van der Waals surface area contributed by atoms with Gasteiger partial charge in [0.1, 0.15) is 0 Å². The second kappa shape index (κ2) is 5.44. The molecule has 5 heteroatoms. The van der Waals surface area contributed by atoms with Crippen LogP contribution in [0.3, 0.4) is 0 Å². The fourth-order valence-electron chi connectivity index (χ4n) is 2.11. The molecule has 1 heterocycles. The van der Waals surface area contributed by atoms with Crippen LogP contribution >= 0.6 is 0 Å². The van der Waals surface area contributed by atoms with Crippen molar-refractivity contribution in [1.82, 2.24) is 4.90 Å². The van der Waals surface area contributed by atoms with Crippen LogP contribution in [0.15, 0.2) is 0 Å². The monoisotopic (exact) mass is 217 g/mol. The molecule has 0 saturated carbocycles. The maximum atomic E-state index is 10.9. The van der Waals surface area contributed by atoms with Crippen LogP contribution in [0.1, 0.15) is 13.3 Å². The van der Waals surface area contributed by atoms with Crippen LogP contribution < -0.4 is 0 Å². The Kier molecular flexibility index (Phi) is 4.50. The van der Waals surface area contributed by atoms with Gasteiger partial charge in [-0.15, -0.1) is 0 Å². The summed E-state index contributed by atoms with van der Waals surface area (Å²) in [4.78, 5) is 12.9. The van der Waals surface area contributed by atoms with Crippen molar-refractivity contribution in [2.45, 2.75) is 25.5 Å². The predicted molar refractivity (Wildman–Crippen MR) is 54.7 cm³/mol. The zero-order chi connectivity index (χ0) is 11.4. The average Bonchev–Trinajstić information content (AvgIpc) is 2.48. The number of carbonyl (C=O) groups is 1. The predicted octanol–water partition coefficient (Wildman–Crippen LogP) is -0.211. The molecule has 3 unspecified atom stereocenters. The summed E-state index contributed by atoms with van der Waals surface area (Å²) in [5.41, 5.74) is 0. The second-order valence-electron chi connectivity index (χ2n) is 4.08. The SMILES string of the molecule is COCC(O)CN1CCC(C(=O)O)C1C. The van der Waals surface area contributed by atoms with Crippen LogP contribution in [-0.2, 0) is 9.53 Å². The number of aliphatic hydroxyl groups excluding tert-OH is 1. The molecule has 1 fully saturated rings.